The van der Waals surface area contributed by atoms with Gasteiger partial charge in [-0.15, -0.1) is 0 Å². The van der Waals surface area contributed by atoms with Crippen LogP contribution in [0.3, 0.4) is 0 Å². The molecule has 0 saturated heterocycles. The van der Waals surface area contributed by atoms with Gasteiger partial charge in [0.25, 0.3) is 0 Å². The van der Waals surface area contributed by atoms with E-state index >= 15 is 0 Å². The molecule has 20 heavy (non-hydrogen) atoms. The predicted molar refractivity (Wildman–Crippen MR) is 54.8 cm³/mol. The van der Waals surface area contributed by atoms with Gasteiger partial charge >= 0.3 is 73.8 Å². The molecule has 0 spiro atoms. The Morgan fingerprint density at radius 1 is 0.750 bits per heavy atom. The number of rotatable bonds is 6. The van der Waals surface area contributed by atoms with E-state index < -0.39 is 47.2 Å². The normalized spacial score (nSPS) is 11.3. The molecule has 8 nitrogen and oxygen atoms in total. The van der Waals surface area contributed by atoms with Crippen LogP contribution in [0.5, 0.6) is 0 Å². The summed E-state index contributed by atoms with van der Waals surface area (Å²) in [4.78, 5) is 38.8. The first-order valence-electron chi connectivity index (χ1n) is 4.25. The molecule has 0 aliphatic rings. The van der Waals surface area contributed by atoms with Crippen molar-refractivity contribution in [3.05, 3.63) is 0 Å². The van der Waals surface area contributed by atoms with Crippen LogP contribution in [0.4, 0.5) is 0 Å². The molecule has 112 valence electrons. The van der Waals surface area contributed by atoms with Gasteiger partial charge in [-0.25, -0.2) is 0 Å². The molecule has 0 radical (unpaired) electrons. The maximum atomic E-state index is 9.76. The van der Waals surface area contributed by atoms with E-state index in [9.17, 15) is 39.6 Å². The van der Waals surface area contributed by atoms with Crippen LogP contribution < -0.4 is 71.8 Å². The third-order valence-electron chi connectivity index (χ3n) is 1.26. The van der Waals surface area contributed by atoms with Crippen molar-refractivity contribution >= 4 is 49.1 Å². The van der Waals surface area contributed by atoms with Crippen LogP contribution in [0.25, 0.3) is 0 Å². The molecule has 0 heterocycles. The van der Waals surface area contributed by atoms with Crippen LogP contribution in [-0.4, -0.2) is 34.4 Å². The standard InChI is InChI=1S/2C4H6O4S.Au.K/c2*5-3(6)1-2(9)4(7)8;;/h2*2,9H,1H2,(H,5,6)(H,7,8);;/q;;+3;+1/p-4. The Bertz CT molecular complexity index is 308. The fourth-order valence-corrected chi connectivity index (χ4v) is 0.781. The van der Waals surface area contributed by atoms with Gasteiger partial charge in [0.2, 0.25) is 0 Å². The molecule has 0 N–H and O–H groups in total. The van der Waals surface area contributed by atoms with Crippen molar-refractivity contribution in [2.45, 2.75) is 23.3 Å². The zero-order chi connectivity index (χ0) is 14.9. The van der Waals surface area contributed by atoms with Gasteiger partial charge in [0, 0.05) is 35.3 Å². The molecule has 0 rings (SSSR count). The summed E-state index contributed by atoms with van der Waals surface area (Å²) < 4.78 is 0. The molecule has 0 bridgehead atoms. The molecule has 0 aliphatic heterocycles. The molecule has 0 aliphatic carbocycles. The zero-order valence-corrected chi connectivity index (χ0v) is 17.1. The smallest absolute Gasteiger partial charge is 0.550 e. The van der Waals surface area contributed by atoms with E-state index in [1.165, 1.54) is 0 Å². The molecule has 12 heteroatoms. The maximum Gasteiger partial charge on any atom is 3.00 e. The van der Waals surface area contributed by atoms with Gasteiger partial charge < -0.3 is 39.6 Å². The second kappa shape index (κ2) is 16.3. The van der Waals surface area contributed by atoms with Gasteiger partial charge in [0.05, 0.1) is 11.9 Å². The fraction of sp³-hybridized carbons (Fsp3) is 0.500. The Hall–Kier alpha value is 0.957. The van der Waals surface area contributed by atoms with Crippen molar-refractivity contribution in [3.8, 4) is 0 Å². The summed E-state index contributed by atoms with van der Waals surface area (Å²) in [5.41, 5.74) is 0. The Balaban J connectivity index is -0.000000116. The van der Waals surface area contributed by atoms with Gasteiger partial charge in [-0.2, -0.15) is 25.3 Å². The van der Waals surface area contributed by atoms with Crippen molar-refractivity contribution in [2.24, 2.45) is 0 Å². The van der Waals surface area contributed by atoms with Crippen LogP contribution in [0.1, 0.15) is 12.8 Å². The van der Waals surface area contributed by atoms with Gasteiger partial charge in [-0.05, 0) is 0 Å². The number of carbonyl (C=O) groups excluding carboxylic acids is 4. The summed E-state index contributed by atoms with van der Waals surface area (Å²) in [7, 11) is 0. The first kappa shape index (κ1) is 29.0. The van der Waals surface area contributed by atoms with Gasteiger partial charge in [0.1, 0.15) is 0 Å². The number of carboxylic acid groups (broad SMARTS) is 4. The third-order valence-corrected chi connectivity index (χ3v) is 2.05. The van der Waals surface area contributed by atoms with E-state index in [1.54, 1.807) is 0 Å². The molecule has 0 aromatic carbocycles. The second-order valence-corrected chi connectivity index (χ2v) is 4.07. The molecular weight excluding hydrogens is 524 g/mol. The third kappa shape index (κ3) is 21.3. The molecule has 2 atom stereocenters. The maximum absolute atomic E-state index is 9.76. The van der Waals surface area contributed by atoms with E-state index in [4.69, 9.17) is 0 Å². The molecule has 0 aromatic heterocycles. The Morgan fingerprint density at radius 3 is 1.00 bits per heavy atom. The number of hydrogen-bond donors (Lipinski definition) is 2. The van der Waals surface area contributed by atoms with E-state index in [2.05, 4.69) is 25.3 Å². The summed E-state index contributed by atoms with van der Waals surface area (Å²) in [6.45, 7) is 0. The number of aliphatic carboxylic acids is 4. The largest absolute Gasteiger partial charge is 3.00 e. The number of carboxylic acids is 4. The number of hydrogen-bond acceptors (Lipinski definition) is 10. The second-order valence-electron chi connectivity index (χ2n) is 2.82. The Labute approximate surface area is 183 Å². The minimum absolute atomic E-state index is 0. The van der Waals surface area contributed by atoms with Crippen LogP contribution >= 0.6 is 25.3 Å². The van der Waals surface area contributed by atoms with E-state index in [-0.39, 0.29) is 73.8 Å². The first-order chi connectivity index (χ1) is 8.07. The zero-order valence-electron chi connectivity index (χ0n) is 10.0. The van der Waals surface area contributed by atoms with E-state index in [1.807, 2.05) is 0 Å². The van der Waals surface area contributed by atoms with Crippen molar-refractivity contribution in [3.63, 3.8) is 0 Å². The van der Waals surface area contributed by atoms with Crippen molar-refractivity contribution in [2.75, 3.05) is 0 Å². The number of carbonyl (C=O) groups is 4. The summed E-state index contributed by atoms with van der Waals surface area (Å²) in [6, 6.07) is 0. The first-order valence-corrected chi connectivity index (χ1v) is 5.28. The SMILES string of the molecule is O=C([O-])CC(S)C(=O)[O-].O=C([O-])CC(S)C(=O)[O-].[Au+3].[K+]. The van der Waals surface area contributed by atoms with Crippen LogP contribution in [0, 0.1) is 0 Å². The average Bonchev–Trinajstić information content (AvgIpc) is 2.16. The minimum Gasteiger partial charge on any atom is -0.550 e. The summed E-state index contributed by atoms with van der Waals surface area (Å²) >= 11 is 6.76. The molecule has 0 aromatic rings. The molecule has 0 fully saturated rings. The Morgan fingerprint density at radius 2 is 0.950 bits per heavy atom. The van der Waals surface area contributed by atoms with Crippen LogP contribution in [0.15, 0.2) is 0 Å². The minimum atomic E-state index is -1.50. The van der Waals surface area contributed by atoms with Gasteiger partial charge in [0.15, 0.2) is 0 Å². The van der Waals surface area contributed by atoms with Crippen molar-refractivity contribution < 1.29 is 113 Å². The van der Waals surface area contributed by atoms with Crippen LogP contribution in [-0.2, 0) is 41.6 Å². The van der Waals surface area contributed by atoms with Crippen molar-refractivity contribution in [1.29, 1.82) is 0 Å². The van der Waals surface area contributed by atoms with Crippen molar-refractivity contribution in [1.82, 2.24) is 0 Å². The Kier molecular flexibility index (Phi) is 23.7. The summed E-state index contributed by atoms with van der Waals surface area (Å²) in [5.74, 6) is -5.89. The van der Waals surface area contributed by atoms with E-state index in [0.717, 1.165) is 0 Å². The monoisotopic (exact) mass is 532 g/mol. The molecule has 0 amide bonds. The predicted octanol–water partition coefficient (Wildman–Crippen LogP) is -8.65. The van der Waals surface area contributed by atoms with Gasteiger partial charge in [-0.3, -0.25) is 0 Å². The van der Waals surface area contributed by atoms with E-state index in [0.29, 0.717) is 0 Å². The fourth-order valence-electron chi connectivity index (χ4n) is 0.482. The topological polar surface area (TPSA) is 161 Å². The number of thiol groups is 2. The molecule has 0 saturated carbocycles. The summed E-state index contributed by atoms with van der Waals surface area (Å²) in [5, 5.41) is 36.3. The molecular formula is C8H8AuKO8S2. The molecule has 2 unspecified atom stereocenters. The quantitative estimate of drug-likeness (QED) is 0.252. The average molecular weight is 532 g/mol. The summed E-state index contributed by atoms with van der Waals surface area (Å²) in [6.07, 6.45) is -1.24. The van der Waals surface area contributed by atoms with Gasteiger partial charge in [-0.1, -0.05) is 0 Å². The van der Waals surface area contributed by atoms with Crippen LogP contribution in [0.2, 0.25) is 0 Å².